The molecule has 0 saturated carbocycles. The summed E-state index contributed by atoms with van der Waals surface area (Å²) < 4.78 is 13.7. The number of hydrogen-bond acceptors (Lipinski definition) is 4. The minimum Gasteiger partial charge on any atom is -0.353 e. The summed E-state index contributed by atoms with van der Waals surface area (Å²) in [7, 11) is 0. The molecule has 5 nitrogen and oxygen atoms in total. The summed E-state index contributed by atoms with van der Waals surface area (Å²) in [6, 6.07) is 26.2. The van der Waals surface area contributed by atoms with Crippen LogP contribution in [0.5, 0.6) is 0 Å². The summed E-state index contributed by atoms with van der Waals surface area (Å²) in [5.74, 6) is 1.03. The standard InChI is InChI=1S/C28H25FN4O/c1-20-18-26(31-27(30-20)24-8-5-9-25(29)19-24)32-14-16-33(17-15-32)28(34)23-12-10-22(11-13-23)21-6-3-2-4-7-21/h2-13,18-19H,14-17H2,1H3. The second-order valence-electron chi connectivity index (χ2n) is 8.42. The molecule has 0 N–H and O–H groups in total. The molecule has 3 aromatic carbocycles. The fourth-order valence-electron chi connectivity index (χ4n) is 4.23. The van der Waals surface area contributed by atoms with E-state index in [1.54, 1.807) is 12.1 Å². The molecule has 0 bridgehead atoms. The Morgan fingerprint density at radius 3 is 2.15 bits per heavy atom. The first-order valence-electron chi connectivity index (χ1n) is 11.4. The van der Waals surface area contributed by atoms with Gasteiger partial charge in [0.25, 0.3) is 5.91 Å². The molecule has 1 aromatic heterocycles. The molecule has 0 radical (unpaired) electrons. The second kappa shape index (κ2) is 9.43. The quantitative estimate of drug-likeness (QED) is 0.426. The summed E-state index contributed by atoms with van der Waals surface area (Å²) in [5.41, 5.74) is 4.39. The molecule has 0 aliphatic carbocycles. The van der Waals surface area contributed by atoms with E-state index in [1.165, 1.54) is 12.1 Å². The number of hydrogen-bond donors (Lipinski definition) is 0. The van der Waals surface area contributed by atoms with Crippen LogP contribution in [0.25, 0.3) is 22.5 Å². The van der Waals surface area contributed by atoms with Gasteiger partial charge in [0.1, 0.15) is 11.6 Å². The molecule has 2 heterocycles. The molecule has 0 unspecified atom stereocenters. The van der Waals surface area contributed by atoms with Gasteiger partial charge in [-0.3, -0.25) is 4.79 Å². The van der Waals surface area contributed by atoms with Crippen molar-refractivity contribution < 1.29 is 9.18 Å². The van der Waals surface area contributed by atoms with Gasteiger partial charge in [-0.15, -0.1) is 0 Å². The molecule has 1 amide bonds. The lowest BCUT2D eigenvalue weighted by Gasteiger charge is -2.35. The van der Waals surface area contributed by atoms with Crippen LogP contribution in [0, 0.1) is 12.7 Å². The van der Waals surface area contributed by atoms with Gasteiger partial charge in [-0.25, -0.2) is 14.4 Å². The van der Waals surface area contributed by atoms with Crippen LogP contribution >= 0.6 is 0 Å². The lowest BCUT2D eigenvalue weighted by Crippen LogP contribution is -2.49. The fourth-order valence-corrected chi connectivity index (χ4v) is 4.23. The van der Waals surface area contributed by atoms with E-state index < -0.39 is 0 Å². The molecule has 1 saturated heterocycles. The van der Waals surface area contributed by atoms with Crippen molar-refractivity contribution >= 4 is 11.7 Å². The van der Waals surface area contributed by atoms with E-state index in [0.717, 1.165) is 22.6 Å². The minimum absolute atomic E-state index is 0.0404. The summed E-state index contributed by atoms with van der Waals surface area (Å²) in [5, 5.41) is 0. The van der Waals surface area contributed by atoms with Crippen molar-refractivity contribution in [2.75, 3.05) is 31.1 Å². The number of benzene rings is 3. The monoisotopic (exact) mass is 452 g/mol. The first-order chi connectivity index (χ1) is 16.6. The minimum atomic E-state index is -0.312. The number of aryl methyl sites for hydroxylation is 1. The molecule has 1 aliphatic rings. The van der Waals surface area contributed by atoms with Crippen molar-refractivity contribution in [1.82, 2.24) is 14.9 Å². The SMILES string of the molecule is Cc1cc(N2CCN(C(=O)c3ccc(-c4ccccc4)cc3)CC2)nc(-c2cccc(F)c2)n1. The van der Waals surface area contributed by atoms with Crippen LogP contribution < -0.4 is 4.90 Å². The van der Waals surface area contributed by atoms with Crippen molar-refractivity contribution in [2.45, 2.75) is 6.92 Å². The van der Waals surface area contributed by atoms with Gasteiger partial charge in [0.15, 0.2) is 5.82 Å². The predicted octanol–water partition coefficient (Wildman–Crippen LogP) is 5.22. The van der Waals surface area contributed by atoms with Crippen molar-refractivity contribution in [3.05, 3.63) is 102 Å². The fraction of sp³-hybridized carbons (Fsp3) is 0.179. The molecule has 170 valence electrons. The number of nitrogens with zero attached hydrogens (tertiary/aromatic N) is 4. The molecule has 4 aromatic rings. The van der Waals surface area contributed by atoms with Crippen LogP contribution in [-0.2, 0) is 0 Å². The molecule has 0 atom stereocenters. The van der Waals surface area contributed by atoms with Crippen LogP contribution in [0.1, 0.15) is 16.1 Å². The van der Waals surface area contributed by atoms with Crippen LogP contribution in [0.3, 0.4) is 0 Å². The molecular weight excluding hydrogens is 427 g/mol. The maximum absolute atomic E-state index is 13.7. The molecule has 5 rings (SSSR count). The van der Waals surface area contributed by atoms with Gasteiger partial charge in [0.2, 0.25) is 0 Å². The number of halogens is 1. The zero-order valence-electron chi connectivity index (χ0n) is 19.0. The van der Waals surface area contributed by atoms with Crippen molar-refractivity contribution in [3.63, 3.8) is 0 Å². The predicted molar refractivity (Wildman–Crippen MR) is 132 cm³/mol. The van der Waals surface area contributed by atoms with E-state index in [4.69, 9.17) is 0 Å². The van der Waals surface area contributed by atoms with Crippen molar-refractivity contribution in [1.29, 1.82) is 0 Å². The third-order valence-electron chi connectivity index (χ3n) is 6.05. The zero-order valence-corrected chi connectivity index (χ0v) is 19.0. The Balaban J connectivity index is 1.26. The zero-order chi connectivity index (χ0) is 23.5. The van der Waals surface area contributed by atoms with E-state index in [9.17, 15) is 9.18 Å². The first-order valence-corrected chi connectivity index (χ1v) is 11.4. The van der Waals surface area contributed by atoms with E-state index >= 15 is 0 Å². The van der Waals surface area contributed by atoms with E-state index in [0.29, 0.717) is 43.1 Å². The third-order valence-corrected chi connectivity index (χ3v) is 6.05. The van der Waals surface area contributed by atoms with Crippen molar-refractivity contribution in [3.8, 4) is 22.5 Å². The van der Waals surface area contributed by atoms with E-state index in [1.807, 2.05) is 60.4 Å². The van der Waals surface area contributed by atoms with E-state index in [-0.39, 0.29) is 11.7 Å². The van der Waals surface area contributed by atoms with Gasteiger partial charge >= 0.3 is 0 Å². The smallest absolute Gasteiger partial charge is 0.253 e. The molecular formula is C28H25FN4O. The maximum atomic E-state index is 13.7. The van der Waals surface area contributed by atoms with E-state index in [2.05, 4.69) is 27.0 Å². The average molecular weight is 453 g/mol. The summed E-state index contributed by atoms with van der Waals surface area (Å²) >= 11 is 0. The largest absolute Gasteiger partial charge is 0.353 e. The number of aromatic nitrogens is 2. The lowest BCUT2D eigenvalue weighted by molar-refractivity contribution is 0.0746. The van der Waals surface area contributed by atoms with Crippen LogP contribution in [-0.4, -0.2) is 47.0 Å². The van der Waals surface area contributed by atoms with Gasteiger partial charge in [0, 0.05) is 49.1 Å². The normalized spacial score (nSPS) is 13.7. The highest BCUT2D eigenvalue weighted by atomic mass is 19.1. The van der Waals surface area contributed by atoms with Gasteiger partial charge in [0.05, 0.1) is 0 Å². The molecule has 1 aliphatic heterocycles. The lowest BCUT2D eigenvalue weighted by atomic mass is 10.0. The number of anilines is 1. The van der Waals surface area contributed by atoms with Gasteiger partial charge in [-0.2, -0.15) is 0 Å². The van der Waals surface area contributed by atoms with Gasteiger partial charge in [-0.1, -0.05) is 54.6 Å². The van der Waals surface area contributed by atoms with Gasteiger partial charge in [-0.05, 0) is 42.3 Å². The summed E-state index contributed by atoms with van der Waals surface area (Å²) in [6.07, 6.45) is 0. The highest BCUT2D eigenvalue weighted by molar-refractivity contribution is 5.95. The summed E-state index contributed by atoms with van der Waals surface area (Å²) in [4.78, 5) is 26.3. The second-order valence-corrected chi connectivity index (χ2v) is 8.42. The Morgan fingerprint density at radius 2 is 1.44 bits per heavy atom. The van der Waals surface area contributed by atoms with Crippen LogP contribution in [0.2, 0.25) is 0 Å². The Kier molecular flexibility index (Phi) is 6.04. The Bertz CT molecular complexity index is 1300. The van der Waals surface area contributed by atoms with Gasteiger partial charge < -0.3 is 9.80 Å². The maximum Gasteiger partial charge on any atom is 0.253 e. The Labute approximate surface area is 198 Å². The molecule has 1 fully saturated rings. The van der Waals surface area contributed by atoms with Crippen LogP contribution in [0.4, 0.5) is 10.2 Å². The average Bonchev–Trinajstić information content (AvgIpc) is 2.89. The number of carbonyl (C=O) groups is 1. The molecule has 34 heavy (non-hydrogen) atoms. The highest BCUT2D eigenvalue weighted by Crippen LogP contribution is 2.23. The highest BCUT2D eigenvalue weighted by Gasteiger charge is 2.23. The Morgan fingerprint density at radius 1 is 0.765 bits per heavy atom. The number of piperazine rings is 1. The van der Waals surface area contributed by atoms with Crippen molar-refractivity contribution in [2.24, 2.45) is 0 Å². The number of amides is 1. The first kappa shape index (κ1) is 21.8. The number of rotatable bonds is 4. The third kappa shape index (κ3) is 4.66. The summed E-state index contributed by atoms with van der Waals surface area (Å²) in [6.45, 7) is 4.47. The van der Waals surface area contributed by atoms with Crippen LogP contribution in [0.15, 0.2) is 84.9 Å². The molecule has 0 spiro atoms. The molecule has 6 heteroatoms. The Hall–Kier alpha value is -4.06. The number of carbonyl (C=O) groups excluding carboxylic acids is 1. The topological polar surface area (TPSA) is 49.3 Å².